The molecule has 2 aliphatic rings. The van der Waals surface area contributed by atoms with Gasteiger partial charge in [-0.25, -0.2) is 0 Å². The van der Waals surface area contributed by atoms with E-state index in [1.54, 1.807) is 0 Å². The molecule has 0 aromatic carbocycles. The van der Waals surface area contributed by atoms with Gasteiger partial charge in [-0.3, -0.25) is 4.79 Å². The molecule has 1 saturated carbocycles. The molecule has 3 nitrogen and oxygen atoms in total. The Bertz CT molecular complexity index is 321. The molecule has 1 aliphatic carbocycles. The predicted octanol–water partition coefficient (Wildman–Crippen LogP) is 3.19. The second-order valence-corrected chi connectivity index (χ2v) is 7.18. The van der Waals surface area contributed by atoms with Gasteiger partial charge in [0.05, 0.1) is 6.54 Å². The Labute approximate surface area is 124 Å². The van der Waals surface area contributed by atoms with Gasteiger partial charge >= 0.3 is 0 Å². The lowest BCUT2D eigenvalue weighted by Crippen LogP contribution is -2.52. The average molecular weight is 280 g/mol. The minimum atomic E-state index is 0.301. The summed E-state index contributed by atoms with van der Waals surface area (Å²) in [5.41, 5.74) is 0. The summed E-state index contributed by atoms with van der Waals surface area (Å²) in [5, 5.41) is 3.55. The van der Waals surface area contributed by atoms with Crippen molar-refractivity contribution in [3.05, 3.63) is 0 Å². The number of nitrogens with zero attached hydrogens (tertiary/aromatic N) is 1. The van der Waals surface area contributed by atoms with Crippen molar-refractivity contribution in [1.82, 2.24) is 10.2 Å². The average Bonchev–Trinajstić information content (AvgIpc) is 2.40. The predicted molar refractivity (Wildman–Crippen MR) is 83.6 cm³/mol. The van der Waals surface area contributed by atoms with E-state index in [0.717, 1.165) is 18.8 Å². The van der Waals surface area contributed by atoms with Crippen LogP contribution in [0.1, 0.15) is 66.2 Å². The first-order chi connectivity index (χ1) is 9.50. The number of rotatable bonds is 3. The van der Waals surface area contributed by atoms with Crippen molar-refractivity contribution in [2.75, 3.05) is 6.54 Å². The van der Waals surface area contributed by atoms with Crippen LogP contribution in [0.5, 0.6) is 0 Å². The fourth-order valence-corrected chi connectivity index (χ4v) is 4.09. The van der Waals surface area contributed by atoms with Gasteiger partial charge in [-0.05, 0) is 51.4 Å². The van der Waals surface area contributed by atoms with Crippen LogP contribution in [0.15, 0.2) is 0 Å². The van der Waals surface area contributed by atoms with Crippen LogP contribution in [0.3, 0.4) is 0 Å². The van der Waals surface area contributed by atoms with E-state index in [-0.39, 0.29) is 0 Å². The monoisotopic (exact) mass is 280 g/mol. The zero-order chi connectivity index (χ0) is 14.7. The SMILES string of the molecule is CC1CCCC(NCC(=O)N2C(C)CCCC2C)C1C. The maximum atomic E-state index is 12.5. The molecular weight excluding hydrogens is 248 g/mol. The van der Waals surface area contributed by atoms with Crippen molar-refractivity contribution < 1.29 is 4.79 Å². The second-order valence-electron chi connectivity index (χ2n) is 7.18. The fourth-order valence-electron chi connectivity index (χ4n) is 4.09. The van der Waals surface area contributed by atoms with Gasteiger partial charge in [0.2, 0.25) is 5.91 Å². The topological polar surface area (TPSA) is 32.3 Å². The highest BCUT2D eigenvalue weighted by molar-refractivity contribution is 5.79. The van der Waals surface area contributed by atoms with E-state index in [1.807, 2.05) is 0 Å². The third kappa shape index (κ3) is 3.55. The van der Waals surface area contributed by atoms with Crippen LogP contribution in [-0.2, 0) is 4.79 Å². The van der Waals surface area contributed by atoms with Crippen molar-refractivity contribution in [3.63, 3.8) is 0 Å². The first kappa shape index (κ1) is 15.8. The number of nitrogens with one attached hydrogen (secondary N) is 1. The molecule has 0 aromatic heterocycles. The number of hydrogen-bond acceptors (Lipinski definition) is 2. The molecule has 20 heavy (non-hydrogen) atoms. The van der Waals surface area contributed by atoms with Gasteiger partial charge in [-0.2, -0.15) is 0 Å². The largest absolute Gasteiger partial charge is 0.336 e. The quantitative estimate of drug-likeness (QED) is 0.861. The number of piperidine rings is 1. The standard InChI is InChI=1S/C17H32N2O/c1-12-7-5-10-16(15(12)4)18-11-17(20)19-13(2)8-6-9-14(19)3/h12-16,18H,5-11H2,1-4H3. The highest BCUT2D eigenvalue weighted by Gasteiger charge is 2.31. The molecule has 0 spiro atoms. The van der Waals surface area contributed by atoms with E-state index in [1.165, 1.54) is 25.7 Å². The molecule has 1 amide bonds. The summed E-state index contributed by atoms with van der Waals surface area (Å²) in [6.07, 6.45) is 7.45. The fraction of sp³-hybridized carbons (Fsp3) is 0.941. The number of carbonyl (C=O) groups is 1. The smallest absolute Gasteiger partial charge is 0.237 e. The lowest BCUT2D eigenvalue weighted by Gasteiger charge is -2.40. The Balaban J connectivity index is 1.85. The molecule has 1 saturated heterocycles. The van der Waals surface area contributed by atoms with Crippen LogP contribution < -0.4 is 5.32 Å². The van der Waals surface area contributed by atoms with Gasteiger partial charge in [-0.1, -0.05) is 26.7 Å². The molecule has 5 unspecified atom stereocenters. The summed E-state index contributed by atoms with van der Waals surface area (Å²) in [4.78, 5) is 14.6. The molecule has 116 valence electrons. The molecule has 2 fully saturated rings. The van der Waals surface area contributed by atoms with Gasteiger partial charge in [0.1, 0.15) is 0 Å². The summed E-state index contributed by atoms with van der Waals surface area (Å²) in [6, 6.07) is 1.35. The van der Waals surface area contributed by atoms with Crippen molar-refractivity contribution >= 4 is 5.91 Å². The maximum Gasteiger partial charge on any atom is 0.237 e. The zero-order valence-corrected chi connectivity index (χ0v) is 13.7. The van der Waals surface area contributed by atoms with Crippen LogP contribution >= 0.6 is 0 Å². The lowest BCUT2D eigenvalue weighted by atomic mass is 9.78. The normalized spacial score (nSPS) is 38.8. The molecule has 2 rings (SSSR count). The Morgan fingerprint density at radius 1 is 1.00 bits per heavy atom. The minimum absolute atomic E-state index is 0.301. The molecule has 0 aromatic rings. The number of carbonyl (C=O) groups excluding carboxylic acids is 1. The van der Waals surface area contributed by atoms with E-state index in [4.69, 9.17) is 0 Å². The van der Waals surface area contributed by atoms with Crippen molar-refractivity contribution in [3.8, 4) is 0 Å². The molecule has 1 N–H and O–H groups in total. The van der Waals surface area contributed by atoms with Gasteiger partial charge in [0.15, 0.2) is 0 Å². The Morgan fingerprint density at radius 2 is 1.60 bits per heavy atom. The highest BCUT2D eigenvalue weighted by atomic mass is 16.2. The van der Waals surface area contributed by atoms with Crippen molar-refractivity contribution in [1.29, 1.82) is 0 Å². The van der Waals surface area contributed by atoms with Crippen LogP contribution in [0.4, 0.5) is 0 Å². The number of likely N-dealkylation sites (tertiary alicyclic amines) is 1. The highest BCUT2D eigenvalue weighted by Crippen LogP contribution is 2.29. The van der Waals surface area contributed by atoms with E-state index in [2.05, 4.69) is 37.9 Å². The Morgan fingerprint density at radius 3 is 2.25 bits per heavy atom. The molecule has 1 heterocycles. The summed E-state index contributed by atoms with van der Waals surface area (Å²) in [5.74, 6) is 1.77. The van der Waals surface area contributed by atoms with E-state index < -0.39 is 0 Å². The van der Waals surface area contributed by atoms with Gasteiger partial charge in [0.25, 0.3) is 0 Å². The van der Waals surface area contributed by atoms with E-state index >= 15 is 0 Å². The first-order valence-corrected chi connectivity index (χ1v) is 8.55. The van der Waals surface area contributed by atoms with Crippen molar-refractivity contribution in [2.24, 2.45) is 11.8 Å². The summed E-state index contributed by atoms with van der Waals surface area (Å²) < 4.78 is 0. The zero-order valence-electron chi connectivity index (χ0n) is 13.7. The second kappa shape index (κ2) is 6.93. The van der Waals surface area contributed by atoms with Crippen LogP contribution in [0.2, 0.25) is 0 Å². The van der Waals surface area contributed by atoms with Crippen LogP contribution in [0.25, 0.3) is 0 Å². The van der Waals surface area contributed by atoms with E-state index in [9.17, 15) is 4.79 Å². The summed E-state index contributed by atoms with van der Waals surface area (Å²) in [6.45, 7) is 9.58. The Kier molecular flexibility index (Phi) is 5.48. The third-order valence-corrected chi connectivity index (χ3v) is 5.70. The van der Waals surface area contributed by atoms with Crippen LogP contribution in [0, 0.1) is 11.8 Å². The molecule has 3 heteroatoms. The maximum absolute atomic E-state index is 12.5. The molecule has 1 aliphatic heterocycles. The molecule has 0 bridgehead atoms. The summed E-state index contributed by atoms with van der Waals surface area (Å²) in [7, 11) is 0. The van der Waals surface area contributed by atoms with Gasteiger partial charge in [0, 0.05) is 18.1 Å². The molecular formula is C17H32N2O. The Hall–Kier alpha value is -0.570. The third-order valence-electron chi connectivity index (χ3n) is 5.70. The van der Waals surface area contributed by atoms with Gasteiger partial charge < -0.3 is 10.2 Å². The first-order valence-electron chi connectivity index (χ1n) is 8.55. The summed E-state index contributed by atoms with van der Waals surface area (Å²) >= 11 is 0. The van der Waals surface area contributed by atoms with Gasteiger partial charge in [-0.15, -0.1) is 0 Å². The lowest BCUT2D eigenvalue weighted by molar-refractivity contribution is -0.136. The number of amides is 1. The number of hydrogen-bond donors (Lipinski definition) is 1. The molecule has 0 radical (unpaired) electrons. The van der Waals surface area contributed by atoms with E-state index in [0.29, 0.717) is 36.5 Å². The van der Waals surface area contributed by atoms with Crippen molar-refractivity contribution in [2.45, 2.75) is 84.3 Å². The van der Waals surface area contributed by atoms with Crippen LogP contribution in [-0.4, -0.2) is 35.5 Å². The minimum Gasteiger partial charge on any atom is -0.336 e. The molecule has 5 atom stereocenters.